The van der Waals surface area contributed by atoms with E-state index in [1.54, 1.807) is 0 Å². The maximum atomic E-state index is 11.4. The first-order valence-electron chi connectivity index (χ1n) is 4.30. The zero-order valence-electron chi connectivity index (χ0n) is 6.86. The Balaban J connectivity index is 2.03. The molecule has 0 aliphatic carbocycles. The van der Waals surface area contributed by atoms with E-state index in [1.807, 2.05) is 12.2 Å². The number of esters is 2. The van der Waals surface area contributed by atoms with Gasteiger partial charge in [-0.05, 0) is 6.42 Å². The molecule has 4 heteroatoms. The summed E-state index contributed by atoms with van der Waals surface area (Å²) in [7, 11) is 0. The van der Waals surface area contributed by atoms with Crippen LogP contribution in [0.2, 0.25) is 0 Å². The van der Waals surface area contributed by atoms with Gasteiger partial charge in [0.2, 0.25) is 0 Å². The van der Waals surface area contributed by atoms with Gasteiger partial charge in [-0.2, -0.15) is 0 Å². The van der Waals surface area contributed by atoms with Crippen molar-refractivity contribution in [1.29, 1.82) is 0 Å². The number of ether oxygens (including phenoxy) is 2. The molecule has 2 saturated heterocycles. The molecule has 3 rings (SSSR count). The maximum absolute atomic E-state index is 11.4. The van der Waals surface area contributed by atoms with Crippen molar-refractivity contribution in [1.82, 2.24) is 0 Å². The lowest BCUT2D eigenvalue weighted by Gasteiger charge is -2.21. The number of fused-ring (bicyclic) bond motifs is 3. The lowest BCUT2D eigenvalue weighted by Crippen LogP contribution is -2.34. The van der Waals surface area contributed by atoms with Gasteiger partial charge in [-0.25, -0.2) is 0 Å². The van der Waals surface area contributed by atoms with Crippen LogP contribution in [0.15, 0.2) is 12.2 Å². The van der Waals surface area contributed by atoms with E-state index in [0.717, 1.165) is 0 Å². The molecule has 0 saturated carbocycles. The van der Waals surface area contributed by atoms with E-state index >= 15 is 0 Å². The third-order valence-corrected chi connectivity index (χ3v) is 3.00. The van der Waals surface area contributed by atoms with Gasteiger partial charge in [-0.3, -0.25) is 9.59 Å². The summed E-state index contributed by atoms with van der Waals surface area (Å²) in [6.45, 7) is 0. The molecule has 68 valence electrons. The van der Waals surface area contributed by atoms with Gasteiger partial charge >= 0.3 is 11.9 Å². The summed E-state index contributed by atoms with van der Waals surface area (Å²) in [6.07, 6.45) is 4.33. The van der Waals surface area contributed by atoms with Crippen LogP contribution < -0.4 is 0 Å². The maximum Gasteiger partial charge on any atom is 0.323 e. The molecular weight excluding hydrogens is 172 g/mol. The summed E-state index contributed by atoms with van der Waals surface area (Å²) in [5.74, 6) is -0.830. The van der Waals surface area contributed by atoms with Crippen molar-refractivity contribution in [3.05, 3.63) is 12.2 Å². The first kappa shape index (κ1) is 7.26. The van der Waals surface area contributed by atoms with Crippen LogP contribution in [0.4, 0.5) is 0 Å². The SMILES string of the molecule is O=C1C[C@]2(C[C@@H]3C=C[C@H]2O3)C(=O)O1. The average Bonchev–Trinajstić information content (AvgIpc) is 2.68. The summed E-state index contributed by atoms with van der Waals surface area (Å²) in [6, 6.07) is 0. The van der Waals surface area contributed by atoms with Crippen molar-refractivity contribution in [2.24, 2.45) is 5.41 Å². The molecule has 0 amide bonds. The topological polar surface area (TPSA) is 52.6 Å². The highest BCUT2D eigenvalue weighted by molar-refractivity contribution is 5.98. The second-order valence-corrected chi connectivity index (χ2v) is 3.78. The van der Waals surface area contributed by atoms with E-state index in [-0.39, 0.29) is 18.6 Å². The Kier molecular flexibility index (Phi) is 1.12. The monoisotopic (exact) mass is 180 g/mol. The number of carbonyl (C=O) groups is 2. The summed E-state index contributed by atoms with van der Waals surface area (Å²) in [5, 5.41) is 0. The van der Waals surface area contributed by atoms with Gasteiger partial charge in [0.05, 0.1) is 18.6 Å². The standard InChI is InChI=1S/C9H8O4/c10-7-4-9(8(11)13-7)3-5-1-2-6(9)12-5/h1-2,5-6H,3-4H2/t5-,6+,9-/m0/s1. The van der Waals surface area contributed by atoms with Crippen molar-refractivity contribution < 1.29 is 19.1 Å². The number of hydrogen-bond acceptors (Lipinski definition) is 4. The number of carbonyl (C=O) groups excluding carboxylic acids is 2. The normalized spacial score (nSPS) is 46.5. The van der Waals surface area contributed by atoms with Gasteiger partial charge in [-0.15, -0.1) is 0 Å². The molecule has 0 N–H and O–H groups in total. The zero-order valence-corrected chi connectivity index (χ0v) is 6.86. The van der Waals surface area contributed by atoms with E-state index in [1.165, 1.54) is 0 Å². The van der Waals surface area contributed by atoms with Crippen molar-refractivity contribution in [3.8, 4) is 0 Å². The Hall–Kier alpha value is -1.16. The number of hydrogen-bond donors (Lipinski definition) is 0. The number of rotatable bonds is 0. The van der Waals surface area contributed by atoms with Crippen LogP contribution in [0.3, 0.4) is 0 Å². The molecule has 3 aliphatic rings. The Morgan fingerprint density at radius 1 is 1.38 bits per heavy atom. The van der Waals surface area contributed by atoms with Crippen LogP contribution in [-0.4, -0.2) is 24.1 Å². The van der Waals surface area contributed by atoms with Crippen molar-refractivity contribution in [3.63, 3.8) is 0 Å². The Morgan fingerprint density at radius 2 is 2.23 bits per heavy atom. The molecule has 0 aromatic rings. The van der Waals surface area contributed by atoms with Crippen molar-refractivity contribution in [2.45, 2.75) is 25.0 Å². The first-order chi connectivity index (χ1) is 6.21. The third kappa shape index (κ3) is 0.740. The molecule has 0 aromatic heterocycles. The van der Waals surface area contributed by atoms with Crippen molar-refractivity contribution in [2.75, 3.05) is 0 Å². The van der Waals surface area contributed by atoms with E-state index < -0.39 is 17.4 Å². The second-order valence-electron chi connectivity index (χ2n) is 3.78. The summed E-state index contributed by atoms with van der Waals surface area (Å²) < 4.78 is 10.0. The molecule has 1 spiro atoms. The highest BCUT2D eigenvalue weighted by atomic mass is 16.6. The molecule has 0 radical (unpaired) electrons. The quantitative estimate of drug-likeness (QED) is 0.303. The van der Waals surface area contributed by atoms with Crippen molar-refractivity contribution >= 4 is 11.9 Å². The van der Waals surface area contributed by atoms with E-state index in [9.17, 15) is 9.59 Å². The van der Waals surface area contributed by atoms with Gasteiger partial charge in [-0.1, -0.05) is 12.2 Å². The van der Waals surface area contributed by atoms with Gasteiger partial charge in [0.15, 0.2) is 0 Å². The fourth-order valence-electron chi connectivity index (χ4n) is 2.35. The lowest BCUT2D eigenvalue weighted by atomic mass is 9.76. The zero-order chi connectivity index (χ0) is 9.05. The largest absolute Gasteiger partial charge is 0.393 e. The van der Waals surface area contributed by atoms with Crippen LogP contribution in [0.1, 0.15) is 12.8 Å². The van der Waals surface area contributed by atoms with Gasteiger partial charge in [0.1, 0.15) is 5.41 Å². The minimum atomic E-state index is -0.684. The fraction of sp³-hybridized carbons (Fsp3) is 0.556. The van der Waals surface area contributed by atoms with Crippen LogP contribution in [0.5, 0.6) is 0 Å². The highest BCUT2D eigenvalue weighted by Crippen LogP contribution is 2.50. The lowest BCUT2D eigenvalue weighted by molar-refractivity contribution is -0.155. The molecule has 13 heavy (non-hydrogen) atoms. The summed E-state index contributed by atoms with van der Waals surface area (Å²) in [5.41, 5.74) is -0.684. The molecule has 0 aromatic carbocycles. The highest BCUT2D eigenvalue weighted by Gasteiger charge is 2.61. The molecule has 4 nitrogen and oxygen atoms in total. The fourth-order valence-corrected chi connectivity index (χ4v) is 2.35. The molecule has 3 aliphatic heterocycles. The average molecular weight is 180 g/mol. The van der Waals surface area contributed by atoms with E-state index in [0.29, 0.717) is 6.42 Å². The molecular formula is C9H8O4. The van der Waals surface area contributed by atoms with Crippen LogP contribution in [0, 0.1) is 5.41 Å². The summed E-state index contributed by atoms with van der Waals surface area (Å²) in [4.78, 5) is 22.4. The van der Waals surface area contributed by atoms with E-state index in [2.05, 4.69) is 4.74 Å². The minimum absolute atomic E-state index is 0.00319. The molecule has 0 unspecified atom stereocenters. The van der Waals surface area contributed by atoms with E-state index in [4.69, 9.17) is 4.74 Å². The number of cyclic esters (lactones) is 2. The second kappa shape index (κ2) is 2.01. The first-order valence-corrected chi connectivity index (χ1v) is 4.30. The Bertz CT molecular complexity index is 333. The minimum Gasteiger partial charge on any atom is -0.393 e. The smallest absolute Gasteiger partial charge is 0.323 e. The molecule has 3 heterocycles. The van der Waals surface area contributed by atoms with Gasteiger partial charge < -0.3 is 9.47 Å². The van der Waals surface area contributed by atoms with Gasteiger partial charge in [0.25, 0.3) is 0 Å². The predicted octanol–water partition coefficient (Wildman–Crippen LogP) is 0.174. The summed E-state index contributed by atoms with van der Waals surface area (Å²) >= 11 is 0. The van der Waals surface area contributed by atoms with Crippen LogP contribution in [-0.2, 0) is 19.1 Å². The van der Waals surface area contributed by atoms with Crippen LogP contribution in [0.25, 0.3) is 0 Å². The third-order valence-electron chi connectivity index (χ3n) is 3.00. The van der Waals surface area contributed by atoms with Crippen LogP contribution >= 0.6 is 0 Å². The molecule has 2 fully saturated rings. The molecule has 2 bridgehead atoms. The Morgan fingerprint density at radius 3 is 2.69 bits per heavy atom. The predicted molar refractivity (Wildman–Crippen MR) is 40.6 cm³/mol. The Labute approximate surface area is 74.5 Å². The van der Waals surface area contributed by atoms with Gasteiger partial charge in [0, 0.05) is 0 Å². The molecule has 3 atom stereocenters.